The lowest BCUT2D eigenvalue weighted by Crippen LogP contribution is -2.09. The van der Waals surface area contributed by atoms with Gasteiger partial charge in [-0.2, -0.15) is 0 Å². The van der Waals surface area contributed by atoms with Crippen molar-refractivity contribution in [1.82, 2.24) is 0 Å². The standard InChI is InChI=1S/C6H14O.CH5N/c1-5(2)7-6(3)4;1-2/h5-6H,1-4H3;2H2,1H3. The van der Waals surface area contributed by atoms with E-state index in [-0.39, 0.29) is 0 Å². The van der Waals surface area contributed by atoms with Crippen LogP contribution in [0.1, 0.15) is 27.7 Å². The summed E-state index contributed by atoms with van der Waals surface area (Å²) in [4.78, 5) is 0. The molecule has 58 valence electrons. The summed E-state index contributed by atoms with van der Waals surface area (Å²) >= 11 is 0. The fourth-order valence-corrected chi connectivity index (χ4v) is 0.544. The van der Waals surface area contributed by atoms with Crippen molar-refractivity contribution in [3.05, 3.63) is 0 Å². The van der Waals surface area contributed by atoms with E-state index in [1.54, 1.807) is 0 Å². The molecule has 9 heavy (non-hydrogen) atoms. The van der Waals surface area contributed by atoms with Gasteiger partial charge >= 0.3 is 0 Å². The minimum absolute atomic E-state index is 0.375. The quantitative estimate of drug-likeness (QED) is 0.618. The van der Waals surface area contributed by atoms with E-state index in [1.807, 2.05) is 27.7 Å². The van der Waals surface area contributed by atoms with E-state index in [1.165, 1.54) is 7.05 Å². The summed E-state index contributed by atoms with van der Waals surface area (Å²) in [7, 11) is 1.50. The summed E-state index contributed by atoms with van der Waals surface area (Å²) in [6.07, 6.45) is 0.750. The Morgan fingerprint density at radius 1 is 0.889 bits per heavy atom. The molecule has 2 N–H and O–H groups in total. The first-order valence-electron chi connectivity index (χ1n) is 3.36. The van der Waals surface area contributed by atoms with Crippen molar-refractivity contribution in [3.8, 4) is 0 Å². The predicted octanol–water partition coefficient (Wildman–Crippen LogP) is 1.39. The molecule has 0 aliphatic rings. The highest BCUT2D eigenvalue weighted by atomic mass is 16.5. The maximum absolute atomic E-state index is 5.25. The zero-order valence-corrected chi connectivity index (χ0v) is 7.14. The molecule has 0 saturated heterocycles. The number of hydrogen-bond donors (Lipinski definition) is 1. The van der Waals surface area contributed by atoms with E-state index in [0.717, 1.165) is 0 Å². The number of ether oxygens (including phenoxy) is 1. The summed E-state index contributed by atoms with van der Waals surface area (Å²) in [6, 6.07) is 0. The predicted molar refractivity (Wildman–Crippen MR) is 41.5 cm³/mol. The van der Waals surface area contributed by atoms with Gasteiger partial charge in [-0.1, -0.05) is 0 Å². The first kappa shape index (κ1) is 11.7. The van der Waals surface area contributed by atoms with E-state index < -0.39 is 0 Å². The van der Waals surface area contributed by atoms with Gasteiger partial charge in [-0.25, -0.2) is 0 Å². The number of nitrogens with two attached hydrogens (primary N) is 1. The molecule has 0 radical (unpaired) electrons. The van der Waals surface area contributed by atoms with Crippen LogP contribution in [0.25, 0.3) is 0 Å². The van der Waals surface area contributed by atoms with Gasteiger partial charge in [0.05, 0.1) is 12.2 Å². The fourth-order valence-electron chi connectivity index (χ4n) is 0.544. The van der Waals surface area contributed by atoms with Crippen molar-refractivity contribution in [1.29, 1.82) is 0 Å². The van der Waals surface area contributed by atoms with Gasteiger partial charge in [-0.15, -0.1) is 0 Å². The van der Waals surface area contributed by atoms with E-state index in [0.29, 0.717) is 12.2 Å². The van der Waals surface area contributed by atoms with Crippen LogP contribution in [0.5, 0.6) is 0 Å². The van der Waals surface area contributed by atoms with E-state index in [4.69, 9.17) is 4.74 Å². The molecular weight excluding hydrogens is 114 g/mol. The molecular formula is C7H19NO. The topological polar surface area (TPSA) is 35.2 Å². The fraction of sp³-hybridized carbons (Fsp3) is 1.00. The Hall–Kier alpha value is -0.0800. The molecule has 2 nitrogen and oxygen atoms in total. The van der Waals surface area contributed by atoms with Crippen LogP contribution in [-0.4, -0.2) is 19.3 Å². The molecule has 0 aliphatic carbocycles. The van der Waals surface area contributed by atoms with Crippen LogP contribution >= 0.6 is 0 Å². The molecule has 0 aromatic heterocycles. The van der Waals surface area contributed by atoms with Gasteiger partial charge in [-0.3, -0.25) is 0 Å². The van der Waals surface area contributed by atoms with Gasteiger partial charge in [0.25, 0.3) is 0 Å². The molecule has 0 unspecified atom stereocenters. The molecule has 0 bridgehead atoms. The molecule has 0 heterocycles. The Bertz CT molecular complexity index is 38.2. The molecule has 0 spiro atoms. The molecule has 0 aromatic carbocycles. The summed E-state index contributed by atoms with van der Waals surface area (Å²) in [5, 5.41) is 0. The molecule has 0 amide bonds. The van der Waals surface area contributed by atoms with Crippen LogP contribution in [0, 0.1) is 0 Å². The van der Waals surface area contributed by atoms with Gasteiger partial charge < -0.3 is 10.5 Å². The molecule has 0 rings (SSSR count). The Morgan fingerprint density at radius 2 is 1.11 bits per heavy atom. The zero-order valence-electron chi connectivity index (χ0n) is 7.14. The van der Waals surface area contributed by atoms with Crippen molar-refractivity contribution in [3.63, 3.8) is 0 Å². The van der Waals surface area contributed by atoms with E-state index >= 15 is 0 Å². The van der Waals surface area contributed by atoms with Gasteiger partial charge in [0, 0.05) is 0 Å². The maximum Gasteiger partial charge on any atom is 0.0522 e. The SMILES string of the molecule is CC(C)OC(C)C.CN. The lowest BCUT2D eigenvalue weighted by Gasteiger charge is -2.09. The van der Waals surface area contributed by atoms with Crippen molar-refractivity contribution in [2.24, 2.45) is 5.73 Å². The second-order valence-electron chi connectivity index (χ2n) is 2.23. The highest BCUT2D eigenvalue weighted by Gasteiger charge is 1.94. The molecule has 0 atom stereocenters. The average molecular weight is 133 g/mol. The van der Waals surface area contributed by atoms with Crippen molar-refractivity contribution < 1.29 is 4.74 Å². The average Bonchev–Trinajstić information content (AvgIpc) is 1.68. The summed E-state index contributed by atoms with van der Waals surface area (Å²) < 4.78 is 5.25. The number of rotatable bonds is 2. The first-order chi connectivity index (χ1) is 4.13. The third-order valence-electron chi connectivity index (χ3n) is 0.544. The lowest BCUT2D eigenvalue weighted by molar-refractivity contribution is 0.0300. The molecule has 0 fully saturated rings. The van der Waals surface area contributed by atoms with Crippen LogP contribution in [-0.2, 0) is 4.74 Å². The lowest BCUT2D eigenvalue weighted by atomic mass is 10.4. The largest absolute Gasteiger partial charge is 0.376 e. The minimum atomic E-state index is 0.375. The molecule has 0 aromatic rings. The summed E-state index contributed by atoms with van der Waals surface area (Å²) in [5.41, 5.74) is 4.50. The van der Waals surface area contributed by atoms with Crippen LogP contribution in [0.4, 0.5) is 0 Å². The minimum Gasteiger partial charge on any atom is -0.376 e. The van der Waals surface area contributed by atoms with Gasteiger partial charge in [0.15, 0.2) is 0 Å². The Kier molecular flexibility index (Phi) is 10.3. The Morgan fingerprint density at radius 3 is 1.11 bits per heavy atom. The van der Waals surface area contributed by atoms with Crippen LogP contribution in [0.3, 0.4) is 0 Å². The second-order valence-corrected chi connectivity index (χ2v) is 2.23. The third kappa shape index (κ3) is 18.1. The van der Waals surface area contributed by atoms with Crippen LogP contribution in [0.2, 0.25) is 0 Å². The Labute approximate surface area is 58.4 Å². The second kappa shape index (κ2) is 7.92. The monoisotopic (exact) mass is 133 g/mol. The highest BCUT2D eigenvalue weighted by Crippen LogP contribution is 1.93. The number of hydrogen-bond acceptors (Lipinski definition) is 2. The molecule has 0 saturated carbocycles. The van der Waals surface area contributed by atoms with E-state index in [9.17, 15) is 0 Å². The first-order valence-corrected chi connectivity index (χ1v) is 3.36. The Balaban J connectivity index is 0. The smallest absolute Gasteiger partial charge is 0.0522 e. The molecule has 0 aliphatic heterocycles. The van der Waals surface area contributed by atoms with Crippen molar-refractivity contribution in [2.75, 3.05) is 7.05 Å². The van der Waals surface area contributed by atoms with Crippen LogP contribution < -0.4 is 5.73 Å². The van der Waals surface area contributed by atoms with Crippen LogP contribution in [0.15, 0.2) is 0 Å². The van der Waals surface area contributed by atoms with Crippen molar-refractivity contribution >= 4 is 0 Å². The van der Waals surface area contributed by atoms with E-state index in [2.05, 4.69) is 5.73 Å². The van der Waals surface area contributed by atoms with Gasteiger partial charge in [-0.05, 0) is 34.7 Å². The summed E-state index contributed by atoms with van der Waals surface area (Å²) in [6.45, 7) is 8.17. The maximum atomic E-state index is 5.25. The summed E-state index contributed by atoms with van der Waals surface area (Å²) in [5.74, 6) is 0. The highest BCUT2D eigenvalue weighted by molar-refractivity contribution is 4.40. The normalized spacial score (nSPS) is 9.33. The van der Waals surface area contributed by atoms with Gasteiger partial charge in [0.1, 0.15) is 0 Å². The third-order valence-corrected chi connectivity index (χ3v) is 0.544. The van der Waals surface area contributed by atoms with Crippen molar-refractivity contribution in [2.45, 2.75) is 39.9 Å². The van der Waals surface area contributed by atoms with Gasteiger partial charge in [0.2, 0.25) is 0 Å². The zero-order chi connectivity index (χ0) is 7.86. The molecule has 2 heteroatoms.